The lowest BCUT2D eigenvalue weighted by molar-refractivity contribution is -0.385. The molecular formula is C16H19N3O4S. The fourth-order valence-electron chi connectivity index (χ4n) is 2.10. The molecule has 0 saturated heterocycles. The Labute approximate surface area is 140 Å². The molecule has 0 aliphatic heterocycles. The number of hydrogen-bond acceptors (Lipinski definition) is 5. The highest BCUT2D eigenvalue weighted by atomic mass is 32.2. The van der Waals surface area contributed by atoms with Gasteiger partial charge in [-0.15, -0.1) is 0 Å². The summed E-state index contributed by atoms with van der Waals surface area (Å²) < 4.78 is 27.7. The lowest BCUT2D eigenvalue weighted by Crippen LogP contribution is -2.24. The Morgan fingerprint density at radius 1 is 1.12 bits per heavy atom. The van der Waals surface area contributed by atoms with Crippen molar-refractivity contribution in [2.45, 2.75) is 24.8 Å². The summed E-state index contributed by atoms with van der Waals surface area (Å²) in [5.74, 6) is 0. The van der Waals surface area contributed by atoms with E-state index in [4.69, 9.17) is 0 Å². The second-order valence-electron chi connectivity index (χ2n) is 5.17. The number of nitrogens with one attached hydrogen (secondary N) is 2. The molecule has 7 nitrogen and oxygen atoms in total. The van der Waals surface area contributed by atoms with E-state index in [2.05, 4.69) is 10.0 Å². The highest BCUT2D eigenvalue weighted by molar-refractivity contribution is 7.89. The van der Waals surface area contributed by atoms with Gasteiger partial charge >= 0.3 is 0 Å². The molecule has 0 unspecified atom stereocenters. The van der Waals surface area contributed by atoms with Crippen molar-refractivity contribution in [2.24, 2.45) is 0 Å². The lowest BCUT2D eigenvalue weighted by Gasteiger charge is -2.13. The van der Waals surface area contributed by atoms with Crippen molar-refractivity contribution >= 4 is 21.4 Å². The number of nitro benzene ring substituents is 1. The van der Waals surface area contributed by atoms with Crippen molar-refractivity contribution in [1.29, 1.82) is 0 Å². The first-order valence-electron chi connectivity index (χ1n) is 7.50. The first kappa shape index (κ1) is 17.9. The van der Waals surface area contributed by atoms with Gasteiger partial charge in [0.25, 0.3) is 5.69 Å². The van der Waals surface area contributed by atoms with E-state index >= 15 is 0 Å². The lowest BCUT2D eigenvalue weighted by atomic mass is 10.2. The largest absolute Gasteiger partial charge is 0.384 e. The Bertz CT molecular complexity index is 807. The third-order valence-electron chi connectivity index (χ3n) is 3.34. The smallest absolute Gasteiger partial charge is 0.270 e. The van der Waals surface area contributed by atoms with Crippen molar-refractivity contribution in [1.82, 2.24) is 4.72 Å². The van der Waals surface area contributed by atoms with Crippen molar-refractivity contribution in [3.05, 3.63) is 64.2 Å². The molecule has 0 amide bonds. The number of non-ortho nitro benzene ring substituents is 1. The van der Waals surface area contributed by atoms with Gasteiger partial charge in [0.05, 0.1) is 10.6 Å². The molecule has 2 N–H and O–H groups in total. The minimum Gasteiger partial charge on any atom is -0.384 e. The van der Waals surface area contributed by atoms with Gasteiger partial charge in [0.15, 0.2) is 0 Å². The van der Waals surface area contributed by atoms with Gasteiger partial charge in [-0.3, -0.25) is 10.1 Å². The van der Waals surface area contributed by atoms with E-state index in [0.717, 1.165) is 18.1 Å². The van der Waals surface area contributed by atoms with Crippen LogP contribution in [0.15, 0.2) is 53.4 Å². The third kappa shape index (κ3) is 4.53. The minimum absolute atomic E-state index is 0.110. The molecule has 0 fully saturated rings. The molecule has 0 aliphatic carbocycles. The number of benzene rings is 2. The van der Waals surface area contributed by atoms with Crippen LogP contribution in [0.1, 0.15) is 18.9 Å². The highest BCUT2D eigenvalue weighted by Gasteiger charge is 2.22. The fourth-order valence-corrected chi connectivity index (χ4v) is 3.32. The van der Waals surface area contributed by atoms with Gasteiger partial charge in [-0.2, -0.15) is 0 Å². The molecule has 8 heteroatoms. The predicted octanol–water partition coefficient (Wildman–Crippen LogP) is 2.90. The normalized spacial score (nSPS) is 11.2. The number of rotatable bonds is 8. The summed E-state index contributed by atoms with van der Waals surface area (Å²) in [6, 6.07) is 12.8. The topological polar surface area (TPSA) is 101 Å². The average molecular weight is 349 g/mol. The van der Waals surface area contributed by atoms with Crippen molar-refractivity contribution in [3.63, 3.8) is 0 Å². The molecular weight excluding hydrogens is 330 g/mol. The van der Waals surface area contributed by atoms with E-state index < -0.39 is 14.9 Å². The molecule has 0 radical (unpaired) electrons. The summed E-state index contributed by atoms with van der Waals surface area (Å²) in [4.78, 5) is 10.2. The minimum atomic E-state index is -3.89. The summed E-state index contributed by atoms with van der Waals surface area (Å²) >= 11 is 0. The standard InChI is InChI=1S/C16H19N3O4S/c1-2-10-17-15-9-8-14(19(20)21)11-16(15)24(22,23)18-12-13-6-4-3-5-7-13/h3-9,11,17-18H,2,10,12H2,1H3. The van der Waals surface area contributed by atoms with Crippen LogP contribution in [0, 0.1) is 10.1 Å². The second-order valence-corrected chi connectivity index (χ2v) is 6.91. The predicted molar refractivity (Wildman–Crippen MR) is 92.3 cm³/mol. The van der Waals surface area contributed by atoms with E-state index in [-0.39, 0.29) is 17.1 Å². The average Bonchev–Trinajstić information content (AvgIpc) is 2.59. The van der Waals surface area contributed by atoms with Gasteiger partial charge in [-0.25, -0.2) is 13.1 Å². The molecule has 0 bridgehead atoms. The van der Waals surface area contributed by atoms with Gasteiger partial charge < -0.3 is 5.32 Å². The fraction of sp³-hybridized carbons (Fsp3) is 0.250. The molecule has 2 rings (SSSR count). The molecule has 2 aromatic carbocycles. The van der Waals surface area contributed by atoms with E-state index in [0.29, 0.717) is 12.2 Å². The molecule has 2 aromatic rings. The summed E-state index contributed by atoms with van der Waals surface area (Å²) in [7, 11) is -3.89. The zero-order chi connectivity index (χ0) is 17.6. The molecule has 0 aliphatic rings. The van der Waals surface area contributed by atoms with Crippen LogP contribution >= 0.6 is 0 Å². The summed E-state index contributed by atoms with van der Waals surface area (Å²) in [6.45, 7) is 2.62. The number of anilines is 1. The molecule has 0 atom stereocenters. The zero-order valence-electron chi connectivity index (χ0n) is 13.2. The molecule has 128 valence electrons. The van der Waals surface area contributed by atoms with Gasteiger partial charge in [-0.1, -0.05) is 37.3 Å². The Kier molecular flexibility index (Phi) is 5.88. The number of nitrogens with zero attached hydrogens (tertiary/aromatic N) is 1. The van der Waals surface area contributed by atoms with Crippen LogP contribution in [0.2, 0.25) is 0 Å². The van der Waals surface area contributed by atoms with Crippen molar-refractivity contribution in [2.75, 3.05) is 11.9 Å². The highest BCUT2D eigenvalue weighted by Crippen LogP contribution is 2.26. The van der Waals surface area contributed by atoms with E-state index in [1.165, 1.54) is 12.1 Å². The molecule has 24 heavy (non-hydrogen) atoms. The maximum Gasteiger partial charge on any atom is 0.270 e. The maximum absolute atomic E-state index is 12.6. The Morgan fingerprint density at radius 2 is 1.83 bits per heavy atom. The number of hydrogen-bond donors (Lipinski definition) is 2. The van der Waals surface area contributed by atoms with E-state index in [9.17, 15) is 18.5 Å². The first-order chi connectivity index (χ1) is 11.4. The van der Waals surface area contributed by atoms with Gasteiger partial charge in [0.2, 0.25) is 10.0 Å². The Balaban J connectivity index is 2.31. The van der Waals surface area contributed by atoms with E-state index in [1.807, 2.05) is 25.1 Å². The maximum atomic E-state index is 12.6. The Morgan fingerprint density at radius 3 is 2.46 bits per heavy atom. The molecule has 0 spiro atoms. The van der Waals surface area contributed by atoms with Crippen LogP contribution in [-0.4, -0.2) is 19.9 Å². The summed E-state index contributed by atoms with van der Waals surface area (Å²) in [5.41, 5.74) is 0.884. The first-order valence-corrected chi connectivity index (χ1v) is 8.98. The zero-order valence-corrected chi connectivity index (χ0v) is 14.0. The monoisotopic (exact) mass is 349 g/mol. The van der Waals surface area contributed by atoms with Crippen LogP contribution in [0.4, 0.5) is 11.4 Å². The van der Waals surface area contributed by atoms with Gasteiger partial charge in [0.1, 0.15) is 4.90 Å². The van der Waals surface area contributed by atoms with Crippen molar-refractivity contribution in [3.8, 4) is 0 Å². The Hall–Kier alpha value is -2.45. The van der Waals surface area contributed by atoms with Crippen LogP contribution in [0.3, 0.4) is 0 Å². The quantitative estimate of drug-likeness (QED) is 0.564. The summed E-state index contributed by atoms with van der Waals surface area (Å²) in [6.07, 6.45) is 0.800. The molecule has 0 saturated carbocycles. The van der Waals surface area contributed by atoms with Crippen LogP contribution in [0.25, 0.3) is 0 Å². The number of sulfonamides is 1. The molecule has 0 heterocycles. The van der Waals surface area contributed by atoms with Crippen LogP contribution < -0.4 is 10.0 Å². The third-order valence-corrected chi connectivity index (χ3v) is 4.78. The SMILES string of the molecule is CCCNc1ccc([N+](=O)[O-])cc1S(=O)(=O)NCc1ccccc1. The number of nitro groups is 1. The van der Waals surface area contributed by atoms with Crippen LogP contribution in [0.5, 0.6) is 0 Å². The van der Waals surface area contributed by atoms with Gasteiger partial charge in [-0.05, 0) is 18.1 Å². The second kappa shape index (κ2) is 7.89. The van der Waals surface area contributed by atoms with E-state index in [1.54, 1.807) is 12.1 Å². The van der Waals surface area contributed by atoms with Crippen molar-refractivity contribution < 1.29 is 13.3 Å². The molecule has 0 aromatic heterocycles. The van der Waals surface area contributed by atoms with Gasteiger partial charge in [0, 0.05) is 25.2 Å². The van der Waals surface area contributed by atoms with Crippen LogP contribution in [-0.2, 0) is 16.6 Å². The summed E-state index contributed by atoms with van der Waals surface area (Å²) in [5, 5.41) is 13.9.